The zero-order valence-corrected chi connectivity index (χ0v) is 27.0. The van der Waals surface area contributed by atoms with E-state index < -0.39 is 29.7 Å². The SMILES string of the molecule is CNc1nc(=O)n([C@H]2C[C@H](O)[C@@H](COC(c3ccccc3)(c3ccc(OC)cc3)c3ccc(OC)cc3)O2)cc1C#Cc1ccccc1. The minimum atomic E-state index is -1.09. The van der Waals surface area contributed by atoms with E-state index in [1.807, 2.05) is 109 Å². The van der Waals surface area contributed by atoms with E-state index in [9.17, 15) is 9.90 Å². The number of aromatic nitrogens is 2. The van der Waals surface area contributed by atoms with E-state index in [0.717, 1.165) is 22.3 Å². The lowest BCUT2D eigenvalue weighted by molar-refractivity contribution is -0.0944. The second kappa shape index (κ2) is 14.6. The number of aliphatic hydroxyl groups excluding tert-OH is 1. The van der Waals surface area contributed by atoms with Crippen molar-refractivity contribution in [3.8, 4) is 23.3 Å². The summed E-state index contributed by atoms with van der Waals surface area (Å²) >= 11 is 0. The second-order valence-corrected chi connectivity index (χ2v) is 11.3. The smallest absolute Gasteiger partial charge is 0.351 e. The van der Waals surface area contributed by atoms with Crippen LogP contribution >= 0.6 is 0 Å². The van der Waals surface area contributed by atoms with Gasteiger partial charge in [-0.3, -0.25) is 4.57 Å². The summed E-state index contributed by atoms with van der Waals surface area (Å²) in [6, 6.07) is 34.9. The second-order valence-electron chi connectivity index (χ2n) is 11.3. The van der Waals surface area contributed by atoms with Crippen molar-refractivity contribution in [3.05, 3.63) is 154 Å². The van der Waals surface area contributed by atoms with Gasteiger partial charge >= 0.3 is 5.69 Å². The maximum atomic E-state index is 13.2. The van der Waals surface area contributed by atoms with Crippen LogP contribution in [-0.4, -0.2) is 54.7 Å². The summed E-state index contributed by atoms with van der Waals surface area (Å²) in [5.41, 5.74) is 2.35. The third-order valence-corrected chi connectivity index (χ3v) is 8.46. The van der Waals surface area contributed by atoms with Crippen molar-refractivity contribution in [1.82, 2.24) is 9.55 Å². The number of aliphatic hydroxyl groups is 1. The lowest BCUT2D eigenvalue weighted by Gasteiger charge is -2.37. The maximum Gasteiger partial charge on any atom is 0.351 e. The summed E-state index contributed by atoms with van der Waals surface area (Å²) in [4.78, 5) is 17.4. The average molecular weight is 644 g/mol. The molecule has 1 aromatic heterocycles. The molecular formula is C39H37N3O6. The number of benzene rings is 4. The highest BCUT2D eigenvalue weighted by molar-refractivity contribution is 5.54. The molecule has 48 heavy (non-hydrogen) atoms. The van der Waals surface area contributed by atoms with E-state index in [1.54, 1.807) is 27.5 Å². The van der Waals surface area contributed by atoms with Crippen molar-refractivity contribution in [2.75, 3.05) is 33.2 Å². The first-order chi connectivity index (χ1) is 23.4. The Labute approximate surface area is 279 Å². The predicted octanol–water partition coefficient (Wildman–Crippen LogP) is 5.36. The minimum Gasteiger partial charge on any atom is -0.497 e. The van der Waals surface area contributed by atoms with Crippen LogP contribution in [0, 0.1) is 11.8 Å². The normalized spacial score (nSPS) is 17.3. The van der Waals surface area contributed by atoms with Crippen molar-refractivity contribution >= 4 is 5.82 Å². The van der Waals surface area contributed by atoms with Gasteiger partial charge in [0, 0.05) is 25.2 Å². The summed E-state index contributed by atoms with van der Waals surface area (Å²) < 4.78 is 25.6. The first-order valence-electron chi connectivity index (χ1n) is 15.6. The quantitative estimate of drug-likeness (QED) is 0.155. The number of methoxy groups -OCH3 is 2. The van der Waals surface area contributed by atoms with Crippen LogP contribution < -0.4 is 20.5 Å². The number of hydrogen-bond donors (Lipinski definition) is 2. The van der Waals surface area contributed by atoms with Crippen LogP contribution in [0.5, 0.6) is 11.5 Å². The van der Waals surface area contributed by atoms with E-state index in [2.05, 4.69) is 22.1 Å². The molecule has 0 amide bonds. The van der Waals surface area contributed by atoms with Gasteiger partial charge in [0.2, 0.25) is 0 Å². The molecule has 0 bridgehead atoms. The molecule has 0 spiro atoms. The van der Waals surface area contributed by atoms with Gasteiger partial charge in [0.1, 0.15) is 35.2 Å². The Hall–Kier alpha value is -5.40. The van der Waals surface area contributed by atoms with Gasteiger partial charge in [-0.2, -0.15) is 4.98 Å². The number of ether oxygens (including phenoxy) is 4. The topological polar surface area (TPSA) is 104 Å². The van der Waals surface area contributed by atoms with Crippen LogP contribution in [0.25, 0.3) is 0 Å². The van der Waals surface area contributed by atoms with Crippen molar-refractivity contribution in [1.29, 1.82) is 0 Å². The van der Waals surface area contributed by atoms with Crippen molar-refractivity contribution in [3.63, 3.8) is 0 Å². The highest BCUT2D eigenvalue weighted by Crippen LogP contribution is 2.42. The third-order valence-electron chi connectivity index (χ3n) is 8.46. The number of hydrogen-bond acceptors (Lipinski definition) is 8. The molecule has 2 heterocycles. The molecule has 4 aromatic carbocycles. The van der Waals surface area contributed by atoms with Crippen LogP contribution in [0.1, 0.15) is 40.5 Å². The molecule has 1 fully saturated rings. The maximum absolute atomic E-state index is 13.2. The van der Waals surface area contributed by atoms with Crippen molar-refractivity contribution < 1.29 is 24.1 Å². The van der Waals surface area contributed by atoms with E-state index in [1.165, 1.54) is 4.57 Å². The van der Waals surface area contributed by atoms with E-state index >= 15 is 0 Å². The number of rotatable bonds is 10. The van der Waals surface area contributed by atoms with Crippen LogP contribution in [0.2, 0.25) is 0 Å². The molecule has 2 N–H and O–H groups in total. The summed E-state index contributed by atoms with van der Waals surface area (Å²) in [5, 5.41) is 14.2. The lowest BCUT2D eigenvalue weighted by atomic mass is 9.80. The Morgan fingerprint density at radius 3 is 1.98 bits per heavy atom. The van der Waals surface area contributed by atoms with E-state index in [-0.39, 0.29) is 13.0 Å². The summed E-state index contributed by atoms with van der Waals surface area (Å²) in [5.74, 6) is 8.02. The standard InChI is InChI=1S/C39H37N3O6/c1-40-37-28(15-14-27-10-6-4-7-11-27)25-42(38(44)41-37)36-24-34(43)35(48-36)26-47-39(29-12-8-5-9-13-29,30-16-20-32(45-2)21-17-30)31-18-22-33(46-3)23-19-31/h4-13,16-23,25,34-36,43H,24,26H2,1-3H3,(H,40,41,44)/t34-,35+,36+/m0/s1. The number of anilines is 1. The first-order valence-corrected chi connectivity index (χ1v) is 15.6. The van der Waals surface area contributed by atoms with Gasteiger partial charge < -0.3 is 29.4 Å². The molecule has 1 saturated heterocycles. The van der Waals surface area contributed by atoms with Gasteiger partial charge in [0.05, 0.1) is 32.5 Å². The lowest BCUT2D eigenvalue weighted by Crippen LogP contribution is -2.38. The first kappa shape index (κ1) is 32.5. The van der Waals surface area contributed by atoms with Crippen molar-refractivity contribution in [2.45, 2.75) is 30.5 Å². The van der Waals surface area contributed by atoms with Crippen molar-refractivity contribution in [2.24, 2.45) is 0 Å². The molecule has 0 aliphatic carbocycles. The van der Waals surface area contributed by atoms with E-state index in [0.29, 0.717) is 22.9 Å². The molecule has 1 aliphatic rings. The van der Waals surface area contributed by atoms with Crippen LogP contribution in [0.3, 0.4) is 0 Å². The molecule has 9 heteroatoms. The van der Waals surface area contributed by atoms with Gasteiger partial charge in [-0.1, -0.05) is 84.6 Å². The van der Waals surface area contributed by atoms with Gasteiger partial charge in [0.15, 0.2) is 0 Å². The Morgan fingerprint density at radius 1 is 0.854 bits per heavy atom. The molecule has 0 saturated carbocycles. The Bertz CT molecular complexity index is 1890. The third kappa shape index (κ3) is 6.68. The van der Waals surface area contributed by atoms with Gasteiger partial charge in [-0.05, 0) is 53.1 Å². The summed E-state index contributed by atoms with van der Waals surface area (Å²) in [6.07, 6.45) is -0.636. The fourth-order valence-corrected chi connectivity index (χ4v) is 5.94. The zero-order valence-electron chi connectivity index (χ0n) is 27.0. The van der Waals surface area contributed by atoms with Crippen LogP contribution in [0.15, 0.2) is 120 Å². The molecular weight excluding hydrogens is 606 g/mol. The molecule has 0 unspecified atom stereocenters. The molecule has 0 radical (unpaired) electrons. The van der Waals surface area contributed by atoms with E-state index in [4.69, 9.17) is 18.9 Å². The largest absolute Gasteiger partial charge is 0.497 e. The Balaban J connectivity index is 1.33. The fourth-order valence-electron chi connectivity index (χ4n) is 5.94. The molecule has 3 atom stereocenters. The summed E-state index contributed by atoms with van der Waals surface area (Å²) in [6.45, 7) is 0.0159. The Morgan fingerprint density at radius 2 is 1.42 bits per heavy atom. The predicted molar refractivity (Wildman–Crippen MR) is 183 cm³/mol. The average Bonchev–Trinajstić information content (AvgIpc) is 3.52. The monoisotopic (exact) mass is 643 g/mol. The summed E-state index contributed by atoms with van der Waals surface area (Å²) in [7, 11) is 4.94. The number of nitrogens with zero attached hydrogens (tertiary/aromatic N) is 2. The van der Waals surface area contributed by atoms with Gasteiger partial charge in [0.25, 0.3) is 0 Å². The minimum absolute atomic E-state index is 0.0159. The molecule has 5 aromatic rings. The Kier molecular flexibility index (Phi) is 9.88. The fraction of sp³-hybridized carbons (Fsp3) is 0.231. The molecule has 6 rings (SSSR count). The molecule has 1 aliphatic heterocycles. The van der Waals surface area contributed by atoms with Gasteiger partial charge in [-0.25, -0.2) is 4.79 Å². The highest BCUT2D eigenvalue weighted by atomic mass is 16.6. The highest BCUT2D eigenvalue weighted by Gasteiger charge is 2.42. The number of nitrogens with one attached hydrogen (secondary N) is 1. The van der Waals surface area contributed by atoms with Gasteiger partial charge in [-0.15, -0.1) is 0 Å². The van der Waals surface area contributed by atoms with Crippen LogP contribution in [-0.2, 0) is 15.1 Å². The van der Waals surface area contributed by atoms with Crippen LogP contribution in [0.4, 0.5) is 5.82 Å². The molecule has 9 nitrogen and oxygen atoms in total. The molecule has 244 valence electrons. The zero-order chi connectivity index (χ0) is 33.5.